The number of aromatic amines is 1. The predicted molar refractivity (Wildman–Crippen MR) is 70.3 cm³/mol. The van der Waals surface area contributed by atoms with Crippen molar-refractivity contribution in [1.82, 2.24) is 4.98 Å². The normalized spacial score (nSPS) is 14.7. The fourth-order valence-electron chi connectivity index (χ4n) is 1.79. The minimum absolute atomic E-state index is 0.298. The van der Waals surface area contributed by atoms with Crippen LogP contribution < -0.4 is 10.9 Å². The molecule has 5 nitrogen and oxygen atoms in total. The first kappa shape index (κ1) is 14.9. The van der Waals surface area contributed by atoms with Crippen molar-refractivity contribution in [1.29, 1.82) is 0 Å². The number of rotatable bonds is 3. The zero-order valence-electron chi connectivity index (χ0n) is 10.8. The van der Waals surface area contributed by atoms with Gasteiger partial charge in [-0.05, 0) is 24.4 Å². The Morgan fingerprint density at radius 3 is 2.48 bits per heavy atom. The molecule has 1 aromatic heterocycles. The lowest BCUT2D eigenvalue weighted by Gasteiger charge is -2.29. The number of hydrogen-bond donors (Lipinski definition) is 3. The van der Waals surface area contributed by atoms with Crippen LogP contribution in [0.2, 0.25) is 0 Å². The highest BCUT2D eigenvalue weighted by Crippen LogP contribution is 2.33. The molecule has 1 aromatic carbocycles. The fourth-order valence-corrected chi connectivity index (χ4v) is 1.79. The molecule has 0 aliphatic carbocycles. The SMILES string of the molecule is CC(Nc1cc2ccccc2c(=O)[nH]1)(C(=O)O)C(F)(F)F. The molecule has 21 heavy (non-hydrogen) atoms. The van der Waals surface area contributed by atoms with Crippen molar-refractivity contribution in [2.75, 3.05) is 5.32 Å². The van der Waals surface area contributed by atoms with Gasteiger partial charge in [-0.25, -0.2) is 4.79 Å². The van der Waals surface area contributed by atoms with Crippen LogP contribution in [0.4, 0.5) is 19.0 Å². The minimum atomic E-state index is -5.04. The third-order valence-electron chi connectivity index (χ3n) is 3.13. The van der Waals surface area contributed by atoms with Crippen LogP contribution in [0, 0.1) is 0 Å². The molecule has 0 spiro atoms. The Morgan fingerprint density at radius 2 is 1.90 bits per heavy atom. The topological polar surface area (TPSA) is 82.2 Å². The number of hydrogen-bond acceptors (Lipinski definition) is 3. The summed E-state index contributed by atoms with van der Waals surface area (Å²) >= 11 is 0. The lowest BCUT2D eigenvalue weighted by atomic mass is 10.0. The lowest BCUT2D eigenvalue weighted by molar-refractivity contribution is -0.192. The van der Waals surface area contributed by atoms with Gasteiger partial charge in [0.05, 0.1) is 0 Å². The van der Waals surface area contributed by atoms with E-state index >= 15 is 0 Å². The largest absolute Gasteiger partial charge is 0.479 e. The molecule has 0 aliphatic heterocycles. The van der Waals surface area contributed by atoms with Gasteiger partial charge in [0.25, 0.3) is 5.56 Å². The summed E-state index contributed by atoms with van der Waals surface area (Å²) in [6, 6.07) is 7.54. The molecule has 0 amide bonds. The molecule has 8 heteroatoms. The highest BCUT2D eigenvalue weighted by molar-refractivity contribution is 5.86. The van der Waals surface area contributed by atoms with E-state index in [4.69, 9.17) is 5.11 Å². The van der Waals surface area contributed by atoms with Crippen LogP contribution in [0.1, 0.15) is 6.92 Å². The number of carboxylic acid groups (broad SMARTS) is 1. The number of carbonyl (C=O) groups is 1. The van der Waals surface area contributed by atoms with Crippen molar-refractivity contribution in [2.24, 2.45) is 0 Å². The summed E-state index contributed by atoms with van der Waals surface area (Å²) in [5.41, 5.74) is -3.82. The number of halogens is 3. The van der Waals surface area contributed by atoms with Gasteiger partial charge in [0.1, 0.15) is 5.82 Å². The first-order chi connectivity index (χ1) is 9.65. The quantitative estimate of drug-likeness (QED) is 0.812. The number of nitrogens with one attached hydrogen (secondary N) is 2. The maximum atomic E-state index is 12.9. The minimum Gasteiger partial charge on any atom is -0.479 e. The summed E-state index contributed by atoms with van der Waals surface area (Å²) in [7, 11) is 0. The second-order valence-corrected chi connectivity index (χ2v) is 4.65. The summed E-state index contributed by atoms with van der Waals surface area (Å²) in [6.07, 6.45) is -5.04. The Hall–Kier alpha value is -2.51. The molecule has 2 aromatic rings. The van der Waals surface area contributed by atoms with Gasteiger partial charge in [-0.3, -0.25) is 4.79 Å². The maximum absolute atomic E-state index is 12.9. The van der Waals surface area contributed by atoms with E-state index < -0.39 is 23.2 Å². The average Bonchev–Trinajstić information content (AvgIpc) is 2.37. The van der Waals surface area contributed by atoms with Gasteiger partial charge in [0.15, 0.2) is 0 Å². The molecule has 2 rings (SSSR count). The molecular weight excluding hydrogens is 289 g/mol. The number of aromatic nitrogens is 1. The monoisotopic (exact) mass is 300 g/mol. The Bertz CT molecular complexity index is 754. The van der Waals surface area contributed by atoms with Crippen molar-refractivity contribution in [2.45, 2.75) is 18.6 Å². The second kappa shape index (κ2) is 4.80. The first-order valence-corrected chi connectivity index (χ1v) is 5.85. The number of carboxylic acids is 1. The van der Waals surface area contributed by atoms with Crippen molar-refractivity contribution in [3.63, 3.8) is 0 Å². The molecule has 0 bridgehead atoms. The zero-order chi connectivity index (χ0) is 15.8. The van der Waals surface area contributed by atoms with Crippen LogP contribution in [0.5, 0.6) is 0 Å². The van der Waals surface area contributed by atoms with E-state index in [2.05, 4.69) is 4.98 Å². The van der Waals surface area contributed by atoms with Gasteiger partial charge in [0.2, 0.25) is 5.54 Å². The van der Waals surface area contributed by atoms with Gasteiger partial charge in [0, 0.05) is 5.39 Å². The average molecular weight is 300 g/mol. The van der Waals surface area contributed by atoms with Gasteiger partial charge >= 0.3 is 12.1 Å². The Labute approximate surface area is 116 Å². The van der Waals surface area contributed by atoms with Crippen LogP contribution in [-0.4, -0.2) is 27.8 Å². The van der Waals surface area contributed by atoms with E-state index in [0.717, 1.165) is 0 Å². The molecule has 1 heterocycles. The number of benzene rings is 1. The first-order valence-electron chi connectivity index (χ1n) is 5.85. The summed E-state index contributed by atoms with van der Waals surface area (Å²) in [4.78, 5) is 24.9. The van der Waals surface area contributed by atoms with Gasteiger partial charge in [-0.2, -0.15) is 13.2 Å². The van der Waals surface area contributed by atoms with Gasteiger partial charge < -0.3 is 15.4 Å². The van der Waals surface area contributed by atoms with E-state index in [1.807, 2.05) is 5.32 Å². The lowest BCUT2D eigenvalue weighted by Crippen LogP contribution is -2.55. The number of fused-ring (bicyclic) bond motifs is 1. The van der Waals surface area contributed by atoms with E-state index in [9.17, 15) is 22.8 Å². The summed E-state index contributed by atoms with van der Waals surface area (Å²) < 4.78 is 38.8. The standard InChI is InChI=1S/C13H11F3N2O3/c1-12(11(20)21,13(14,15)16)18-9-6-7-4-2-3-5-8(7)10(19)17-9/h2-6H,1H3,(H,20,21)(H2,17,18,19). The smallest absolute Gasteiger partial charge is 0.422 e. The Balaban J connectivity index is 2.53. The molecule has 3 N–H and O–H groups in total. The molecule has 1 atom stereocenters. The van der Waals surface area contributed by atoms with Crippen LogP contribution in [0.3, 0.4) is 0 Å². The van der Waals surface area contributed by atoms with Crippen LogP contribution >= 0.6 is 0 Å². The second-order valence-electron chi connectivity index (χ2n) is 4.65. The van der Waals surface area contributed by atoms with Crippen molar-refractivity contribution in [3.8, 4) is 0 Å². The van der Waals surface area contributed by atoms with Crippen LogP contribution in [-0.2, 0) is 4.79 Å². The van der Waals surface area contributed by atoms with E-state index in [1.54, 1.807) is 18.2 Å². The van der Waals surface area contributed by atoms with Crippen LogP contribution in [0.25, 0.3) is 10.8 Å². The summed E-state index contributed by atoms with van der Waals surface area (Å²) in [6.45, 7) is 0.489. The highest BCUT2D eigenvalue weighted by atomic mass is 19.4. The fraction of sp³-hybridized carbons (Fsp3) is 0.231. The highest BCUT2D eigenvalue weighted by Gasteiger charge is 2.57. The summed E-state index contributed by atoms with van der Waals surface area (Å²) in [5.74, 6) is -2.41. The molecule has 1 unspecified atom stereocenters. The number of alkyl halides is 3. The third kappa shape index (κ3) is 2.56. The molecule has 112 valence electrons. The van der Waals surface area contributed by atoms with E-state index in [-0.39, 0.29) is 5.82 Å². The number of anilines is 1. The molecule has 0 aliphatic rings. The molecular formula is C13H11F3N2O3. The molecule has 0 fully saturated rings. The number of pyridine rings is 1. The Kier molecular flexibility index (Phi) is 3.40. The van der Waals surface area contributed by atoms with Crippen LogP contribution in [0.15, 0.2) is 35.1 Å². The maximum Gasteiger partial charge on any atom is 0.422 e. The summed E-state index contributed by atoms with van der Waals surface area (Å²) in [5, 5.41) is 11.4. The van der Waals surface area contributed by atoms with E-state index in [1.165, 1.54) is 12.1 Å². The predicted octanol–water partition coefficient (Wildman–Crippen LogP) is 2.35. The van der Waals surface area contributed by atoms with Crippen molar-refractivity contribution < 1.29 is 23.1 Å². The number of aliphatic carboxylic acids is 1. The molecule has 0 radical (unpaired) electrons. The van der Waals surface area contributed by atoms with E-state index in [0.29, 0.717) is 17.7 Å². The molecule has 0 saturated carbocycles. The number of H-pyrrole nitrogens is 1. The van der Waals surface area contributed by atoms with Crippen molar-refractivity contribution in [3.05, 3.63) is 40.7 Å². The zero-order valence-corrected chi connectivity index (χ0v) is 10.8. The Morgan fingerprint density at radius 1 is 1.29 bits per heavy atom. The molecule has 0 saturated heterocycles. The van der Waals surface area contributed by atoms with Crippen molar-refractivity contribution >= 4 is 22.6 Å². The third-order valence-corrected chi connectivity index (χ3v) is 3.13. The van der Waals surface area contributed by atoms with Gasteiger partial charge in [-0.15, -0.1) is 0 Å². The van der Waals surface area contributed by atoms with Gasteiger partial charge in [-0.1, -0.05) is 18.2 Å².